The molecular weight excluding hydrogens is 416 g/mol. The van der Waals surface area contributed by atoms with Gasteiger partial charge in [0.2, 0.25) is 0 Å². The zero-order valence-corrected chi connectivity index (χ0v) is 19.5. The molecule has 0 aromatic carbocycles. The highest BCUT2D eigenvalue weighted by Gasteiger charge is 1.95. The summed E-state index contributed by atoms with van der Waals surface area (Å²) in [4.78, 5) is 0. The lowest BCUT2D eigenvalue weighted by molar-refractivity contribution is -0.0242. The van der Waals surface area contributed by atoms with E-state index in [4.69, 9.17) is 42.6 Å². The normalized spacial score (nSPS) is 11.4. The van der Waals surface area contributed by atoms with Gasteiger partial charge in [0.25, 0.3) is 0 Å². The fourth-order valence-electron chi connectivity index (χ4n) is 1.95. The SMILES string of the molecule is COCCOCCOCCOCCOCCOCCOCCOCCOCCCS. The molecule has 0 fully saturated rings. The average molecular weight is 459 g/mol. The summed E-state index contributed by atoms with van der Waals surface area (Å²) in [5, 5.41) is 0. The standard InChI is InChI=1S/C20H42O9S/c1-21-4-5-23-8-9-25-12-13-27-16-17-29-19-18-28-15-14-26-11-10-24-7-6-22-3-2-20-30/h30H,2-20H2,1H3. The summed E-state index contributed by atoms with van der Waals surface area (Å²) in [6.07, 6.45) is 0.966. The van der Waals surface area contributed by atoms with Crippen molar-refractivity contribution in [2.45, 2.75) is 6.42 Å². The largest absolute Gasteiger partial charge is 0.382 e. The molecule has 0 atom stereocenters. The van der Waals surface area contributed by atoms with Crippen LogP contribution in [0, 0.1) is 0 Å². The highest BCUT2D eigenvalue weighted by molar-refractivity contribution is 7.80. The highest BCUT2D eigenvalue weighted by atomic mass is 32.1. The van der Waals surface area contributed by atoms with Gasteiger partial charge < -0.3 is 42.6 Å². The first-order valence-corrected chi connectivity index (χ1v) is 11.3. The van der Waals surface area contributed by atoms with Gasteiger partial charge in [0.05, 0.1) is 106 Å². The third kappa shape index (κ3) is 28.0. The molecule has 0 N–H and O–H groups in total. The molecule has 9 nitrogen and oxygen atoms in total. The van der Waals surface area contributed by atoms with E-state index in [0.29, 0.717) is 106 Å². The topological polar surface area (TPSA) is 83.1 Å². The Bertz CT molecular complexity index is 273. The molecule has 0 aliphatic heterocycles. The maximum absolute atomic E-state index is 5.43. The van der Waals surface area contributed by atoms with E-state index in [1.807, 2.05) is 0 Å². The number of thiol groups is 1. The van der Waals surface area contributed by atoms with Crippen molar-refractivity contribution < 1.29 is 42.6 Å². The van der Waals surface area contributed by atoms with E-state index >= 15 is 0 Å². The van der Waals surface area contributed by atoms with E-state index < -0.39 is 0 Å². The van der Waals surface area contributed by atoms with Crippen molar-refractivity contribution in [2.75, 3.05) is 125 Å². The summed E-state index contributed by atoms with van der Waals surface area (Å²) in [7, 11) is 1.65. The van der Waals surface area contributed by atoms with Crippen LogP contribution in [0.4, 0.5) is 0 Å². The number of hydrogen-bond donors (Lipinski definition) is 1. The lowest BCUT2D eigenvalue weighted by Gasteiger charge is -2.08. The van der Waals surface area contributed by atoms with Crippen LogP contribution in [0.15, 0.2) is 0 Å². The number of methoxy groups -OCH3 is 1. The Balaban J connectivity index is 2.97. The van der Waals surface area contributed by atoms with Crippen LogP contribution < -0.4 is 0 Å². The van der Waals surface area contributed by atoms with Gasteiger partial charge in [-0.05, 0) is 12.2 Å². The van der Waals surface area contributed by atoms with Crippen LogP contribution in [0.2, 0.25) is 0 Å². The Kier molecular flexibility index (Phi) is 29.0. The van der Waals surface area contributed by atoms with Crippen LogP contribution in [-0.4, -0.2) is 125 Å². The minimum atomic E-state index is 0.537. The second kappa shape index (κ2) is 29.0. The van der Waals surface area contributed by atoms with Gasteiger partial charge in [-0.3, -0.25) is 0 Å². The van der Waals surface area contributed by atoms with Crippen LogP contribution in [0.25, 0.3) is 0 Å². The smallest absolute Gasteiger partial charge is 0.0701 e. The second-order valence-electron chi connectivity index (χ2n) is 5.97. The first-order valence-electron chi connectivity index (χ1n) is 10.6. The maximum Gasteiger partial charge on any atom is 0.0701 e. The molecule has 0 rings (SSSR count). The van der Waals surface area contributed by atoms with Crippen molar-refractivity contribution in [3.63, 3.8) is 0 Å². The summed E-state index contributed by atoms with van der Waals surface area (Å²) >= 11 is 4.12. The molecule has 0 amide bonds. The zero-order chi connectivity index (χ0) is 21.8. The summed E-state index contributed by atoms with van der Waals surface area (Å²) < 4.78 is 47.9. The molecule has 182 valence electrons. The fourth-order valence-corrected chi connectivity index (χ4v) is 2.08. The van der Waals surface area contributed by atoms with E-state index in [1.165, 1.54) is 0 Å². The molecule has 0 saturated heterocycles. The van der Waals surface area contributed by atoms with Crippen LogP contribution >= 0.6 is 12.6 Å². The van der Waals surface area contributed by atoms with E-state index in [0.717, 1.165) is 18.8 Å². The van der Waals surface area contributed by atoms with Crippen molar-refractivity contribution in [1.29, 1.82) is 0 Å². The van der Waals surface area contributed by atoms with Crippen molar-refractivity contribution in [3.05, 3.63) is 0 Å². The monoisotopic (exact) mass is 458 g/mol. The van der Waals surface area contributed by atoms with Crippen LogP contribution in [0.3, 0.4) is 0 Å². The van der Waals surface area contributed by atoms with Crippen molar-refractivity contribution in [1.82, 2.24) is 0 Å². The minimum Gasteiger partial charge on any atom is -0.382 e. The van der Waals surface area contributed by atoms with Gasteiger partial charge in [0, 0.05) is 13.7 Å². The predicted molar refractivity (Wildman–Crippen MR) is 117 cm³/mol. The van der Waals surface area contributed by atoms with E-state index in [-0.39, 0.29) is 0 Å². The van der Waals surface area contributed by atoms with E-state index in [9.17, 15) is 0 Å². The van der Waals surface area contributed by atoms with Crippen molar-refractivity contribution >= 4 is 12.6 Å². The van der Waals surface area contributed by atoms with Crippen molar-refractivity contribution in [2.24, 2.45) is 0 Å². The Morgan fingerprint density at radius 2 is 0.600 bits per heavy atom. The van der Waals surface area contributed by atoms with Gasteiger partial charge in [-0.25, -0.2) is 0 Å². The third-order valence-electron chi connectivity index (χ3n) is 3.48. The number of ether oxygens (including phenoxy) is 9. The minimum absolute atomic E-state index is 0.537. The van der Waals surface area contributed by atoms with Gasteiger partial charge in [-0.15, -0.1) is 0 Å². The van der Waals surface area contributed by atoms with Gasteiger partial charge in [0.1, 0.15) is 0 Å². The molecule has 0 aliphatic carbocycles. The van der Waals surface area contributed by atoms with Crippen LogP contribution in [-0.2, 0) is 42.6 Å². The van der Waals surface area contributed by atoms with E-state index in [2.05, 4.69) is 12.6 Å². The molecule has 0 unspecified atom stereocenters. The lowest BCUT2D eigenvalue weighted by atomic mass is 10.5. The maximum atomic E-state index is 5.43. The Morgan fingerprint density at radius 3 is 0.833 bits per heavy atom. The van der Waals surface area contributed by atoms with Gasteiger partial charge in [-0.1, -0.05) is 0 Å². The Morgan fingerprint density at radius 1 is 0.367 bits per heavy atom. The lowest BCUT2D eigenvalue weighted by Crippen LogP contribution is -2.15. The predicted octanol–water partition coefficient (Wildman–Crippen LogP) is 1.09. The summed E-state index contributed by atoms with van der Waals surface area (Å²) in [5.74, 6) is 0.848. The molecule has 0 saturated carbocycles. The molecular formula is C20H42O9S. The quantitative estimate of drug-likeness (QED) is 0.144. The molecule has 0 spiro atoms. The molecule has 30 heavy (non-hydrogen) atoms. The first-order chi connectivity index (χ1) is 14.9. The Labute approximate surface area is 187 Å². The van der Waals surface area contributed by atoms with Crippen LogP contribution in [0.1, 0.15) is 6.42 Å². The van der Waals surface area contributed by atoms with Gasteiger partial charge >= 0.3 is 0 Å². The number of hydrogen-bond acceptors (Lipinski definition) is 10. The summed E-state index contributed by atoms with van der Waals surface area (Å²) in [5.41, 5.74) is 0. The first kappa shape index (κ1) is 30.0. The van der Waals surface area contributed by atoms with Gasteiger partial charge in [-0.2, -0.15) is 12.6 Å². The summed E-state index contributed by atoms with van der Waals surface area (Å²) in [6.45, 7) is 9.70. The molecule has 0 aromatic heterocycles. The molecule has 0 aliphatic rings. The molecule has 0 aromatic rings. The third-order valence-corrected chi connectivity index (χ3v) is 3.80. The van der Waals surface area contributed by atoms with Crippen LogP contribution in [0.5, 0.6) is 0 Å². The Hall–Kier alpha value is -0.0100. The molecule has 0 radical (unpaired) electrons. The second-order valence-corrected chi connectivity index (χ2v) is 6.42. The van der Waals surface area contributed by atoms with Gasteiger partial charge in [0.15, 0.2) is 0 Å². The number of rotatable bonds is 27. The molecule has 10 heteroatoms. The highest BCUT2D eigenvalue weighted by Crippen LogP contribution is 1.87. The molecule has 0 heterocycles. The van der Waals surface area contributed by atoms with Crippen molar-refractivity contribution in [3.8, 4) is 0 Å². The average Bonchev–Trinajstić information content (AvgIpc) is 2.76. The summed E-state index contributed by atoms with van der Waals surface area (Å²) in [6, 6.07) is 0. The molecule has 0 bridgehead atoms. The zero-order valence-electron chi connectivity index (χ0n) is 18.6. The fraction of sp³-hybridized carbons (Fsp3) is 1.00. The van der Waals surface area contributed by atoms with E-state index in [1.54, 1.807) is 7.11 Å².